The van der Waals surface area contributed by atoms with Gasteiger partial charge < -0.3 is 10.4 Å². The minimum Gasteiger partial charge on any atom is -0.480 e. The first-order valence-corrected chi connectivity index (χ1v) is 4.71. The highest BCUT2D eigenvalue weighted by Crippen LogP contribution is 2.22. The van der Waals surface area contributed by atoms with E-state index < -0.39 is 17.3 Å². The number of amides is 1. The molecule has 0 radical (unpaired) electrons. The van der Waals surface area contributed by atoms with Gasteiger partial charge in [-0.25, -0.2) is 0 Å². The molecule has 0 aliphatic heterocycles. The predicted molar refractivity (Wildman–Crippen MR) is 54.5 cm³/mol. The van der Waals surface area contributed by atoms with Crippen LogP contribution in [-0.4, -0.2) is 39.0 Å². The van der Waals surface area contributed by atoms with Gasteiger partial charge in [-0.1, -0.05) is 5.21 Å². The van der Waals surface area contributed by atoms with Crippen LogP contribution in [0, 0.1) is 5.41 Å². The van der Waals surface area contributed by atoms with Gasteiger partial charge in [0.25, 0.3) is 0 Å². The molecule has 0 saturated carbocycles. The summed E-state index contributed by atoms with van der Waals surface area (Å²) in [6, 6.07) is 0. The Bertz CT molecular complexity index is 415. The second-order valence-corrected chi connectivity index (χ2v) is 3.78. The highest BCUT2D eigenvalue weighted by atomic mass is 16.4. The van der Waals surface area contributed by atoms with Gasteiger partial charge in [0.2, 0.25) is 5.91 Å². The number of nitrogens with zero attached hydrogens (tertiary/aromatic N) is 3. The van der Waals surface area contributed by atoms with Crippen LogP contribution in [0.5, 0.6) is 0 Å². The van der Waals surface area contributed by atoms with Gasteiger partial charge >= 0.3 is 5.97 Å². The van der Waals surface area contributed by atoms with Crippen LogP contribution in [-0.2, 0) is 23.1 Å². The maximum absolute atomic E-state index is 11.5. The van der Waals surface area contributed by atoms with Crippen LogP contribution in [0.25, 0.3) is 0 Å². The van der Waals surface area contributed by atoms with Gasteiger partial charge in [0.15, 0.2) is 0 Å². The van der Waals surface area contributed by atoms with Gasteiger partial charge in [-0.15, -0.1) is 5.10 Å². The molecule has 16 heavy (non-hydrogen) atoms. The molecule has 1 amide bonds. The van der Waals surface area contributed by atoms with Crippen LogP contribution in [0.15, 0.2) is 6.20 Å². The number of hydrogen-bond acceptors (Lipinski definition) is 4. The number of aromatic nitrogens is 3. The predicted octanol–water partition coefficient (Wildman–Crippen LogP) is -0.805. The lowest BCUT2D eigenvalue weighted by molar-refractivity contribution is -0.154. The molecule has 1 aromatic rings. The van der Waals surface area contributed by atoms with Crippen LogP contribution < -0.4 is 5.32 Å². The van der Waals surface area contributed by atoms with E-state index in [1.807, 2.05) is 0 Å². The van der Waals surface area contributed by atoms with E-state index in [4.69, 9.17) is 5.11 Å². The molecule has 1 unspecified atom stereocenters. The van der Waals surface area contributed by atoms with Crippen molar-refractivity contribution in [2.75, 3.05) is 7.05 Å². The number of aryl methyl sites for hydroxylation is 1. The molecule has 7 nitrogen and oxygen atoms in total. The average molecular weight is 226 g/mol. The first-order valence-electron chi connectivity index (χ1n) is 4.71. The largest absolute Gasteiger partial charge is 0.480 e. The van der Waals surface area contributed by atoms with Crippen molar-refractivity contribution in [3.05, 3.63) is 11.9 Å². The fourth-order valence-corrected chi connectivity index (χ4v) is 1.37. The third kappa shape index (κ3) is 2.18. The van der Waals surface area contributed by atoms with Gasteiger partial charge in [0.05, 0.1) is 5.69 Å². The zero-order valence-electron chi connectivity index (χ0n) is 9.39. The van der Waals surface area contributed by atoms with Gasteiger partial charge in [-0.2, -0.15) is 0 Å². The van der Waals surface area contributed by atoms with Crippen molar-refractivity contribution < 1.29 is 14.7 Å². The Morgan fingerprint density at radius 1 is 1.62 bits per heavy atom. The zero-order chi connectivity index (χ0) is 12.3. The first kappa shape index (κ1) is 12.2. The van der Waals surface area contributed by atoms with Gasteiger partial charge in [0.1, 0.15) is 5.41 Å². The standard InChI is InChI=1S/C9H14N4O3/c1-9(8(15)16,7(14)10-2)4-6-5-13(3)12-11-6/h5H,4H2,1-3H3,(H,10,14)(H,15,16). The molecule has 1 aromatic heterocycles. The van der Waals surface area contributed by atoms with E-state index in [1.165, 1.54) is 18.7 Å². The highest BCUT2D eigenvalue weighted by Gasteiger charge is 2.41. The van der Waals surface area contributed by atoms with Crippen LogP contribution in [0.3, 0.4) is 0 Å². The van der Waals surface area contributed by atoms with Crippen LogP contribution in [0.4, 0.5) is 0 Å². The molecule has 0 saturated heterocycles. The van der Waals surface area contributed by atoms with E-state index in [0.29, 0.717) is 5.69 Å². The monoisotopic (exact) mass is 226 g/mol. The van der Waals surface area contributed by atoms with Crippen molar-refractivity contribution in [1.82, 2.24) is 20.3 Å². The number of carbonyl (C=O) groups is 2. The third-order valence-corrected chi connectivity index (χ3v) is 2.39. The van der Waals surface area contributed by atoms with Crippen molar-refractivity contribution in [3.8, 4) is 0 Å². The van der Waals surface area contributed by atoms with E-state index in [-0.39, 0.29) is 6.42 Å². The Balaban J connectivity index is 2.96. The fourth-order valence-electron chi connectivity index (χ4n) is 1.37. The summed E-state index contributed by atoms with van der Waals surface area (Å²) in [6.45, 7) is 1.36. The number of rotatable bonds is 4. The molecule has 2 N–H and O–H groups in total. The molecule has 0 aromatic carbocycles. The summed E-state index contributed by atoms with van der Waals surface area (Å²) >= 11 is 0. The molecule has 1 atom stereocenters. The zero-order valence-corrected chi connectivity index (χ0v) is 9.39. The highest BCUT2D eigenvalue weighted by molar-refractivity contribution is 6.01. The summed E-state index contributed by atoms with van der Waals surface area (Å²) in [6.07, 6.45) is 1.60. The molecule has 0 aliphatic rings. The smallest absolute Gasteiger partial charge is 0.319 e. The Morgan fingerprint density at radius 3 is 2.62 bits per heavy atom. The molecule has 0 aliphatic carbocycles. The van der Waals surface area contributed by atoms with Crippen LogP contribution in [0.1, 0.15) is 12.6 Å². The molecular weight excluding hydrogens is 212 g/mol. The molecule has 0 spiro atoms. The lowest BCUT2D eigenvalue weighted by atomic mass is 9.84. The number of carboxylic acid groups (broad SMARTS) is 1. The number of aliphatic carboxylic acids is 1. The number of carboxylic acids is 1. The van der Waals surface area contributed by atoms with E-state index >= 15 is 0 Å². The number of nitrogens with one attached hydrogen (secondary N) is 1. The van der Waals surface area contributed by atoms with Crippen molar-refractivity contribution in [2.45, 2.75) is 13.3 Å². The Labute approximate surface area is 92.4 Å². The quantitative estimate of drug-likeness (QED) is 0.655. The first-order chi connectivity index (χ1) is 7.40. The van der Waals surface area contributed by atoms with Crippen LogP contribution in [0.2, 0.25) is 0 Å². The van der Waals surface area contributed by atoms with Crippen molar-refractivity contribution in [3.63, 3.8) is 0 Å². The van der Waals surface area contributed by atoms with Crippen molar-refractivity contribution in [1.29, 1.82) is 0 Å². The maximum Gasteiger partial charge on any atom is 0.319 e. The number of hydrogen-bond donors (Lipinski definition) is 2. The molecule has 0 bridgehead atoms. The SMILES string of the molecule is CNC(=O)C(C)(Cc1cn(C)nn1)C(=O)O. The second kappa shape index (κ2) is 4.30. The van der Waals surface area contributed by atoms with E-state index in [9.17, 15) is 9.59 Å². The Morgan fingerprint density at radius 2 is 2.25 bits per heavy atom. The summed E-state index contributed by atoms with van der Waals surface area (Å²) in [5.41, 5.74) is -1.05. The molecule has 7 heteroatoms. The second-order valence-electron chi connectivity index (χ2n) is 3.78. The van der Waals surface area contributed by atoms with Gasteiger partial charge in [-0.3, -0.25) is 14.3 Å². The van der Waals surface area contributed by atoms with Gasteiger partial charge in [0, 0.05) is 26.7 Å². The summed E-state index contributed by atoms with van der Waals surface area (Å²) in [5, 5.41) is 18.9. The van der Waals surface area contributed by atoms with Gasteiger partial charge in [-0.05, 0) is 6.92 Å². The molecular formula is C9H14N4O3. The molecule has 88 valence electrons. The normalized spacial score (nSPS) is 14.2. The summed E-state index contributed by atoms with van der Waals surface area (Å²) < 4.78 is 1.46. The lowest BCUT2D eigenvalue weighted by Gasteiger charge is -2.21. The van der Waals surface area contributed by atoms with E-state index in [1.54, 1.807) is 13.2 Å². The Kier molecular flexibility index (Phi) is 3.26. The summed E-state index contributed by atoms with van der Waals surface area (Å²) in [7, 11) is 3.08. The van der Waals surface area contributed by atoms with E-state index in [0.717, 1.165) is 0 Å². The minimum atomic E-state index is -1.52. The molecule has 1 heterocycles. The third-order valence-electron chi connectivity index (χ3n) is 2.39. The molecule has 0 fully saturated rings. The maximum atomic E-state index is 11.5. The Hall–Kier alpha value is -1.92. The summed E-state index contributed by atoms with van der Waals surface area (Å²) in [4.78, 5) is 22.7. The molecule has 1 rings (SSSR count). The average Bonchev–Trinajstić information content (AvgIpc) is 2.62. The fraction of sp³-hybridized carbons (Fsp3) is 0.556. The minimum absolute atomic E-state index is 0.00977. The van der Waals surface area contributed by atoms with Crippen molar-refractivity contribution >= 4 is 11.9 Å². The lowest BCUT2D eigenvalue weighted by Crippen LogP contribution is -2.44. The number of carbonyl (C=O) groups excluding carboxylic acids is 1. The van der Waals surface area contributed by atoms with E-state index in [2.05, 4.69) is 15.6 Å². The van der Waals surface area contributed by atoms with Crippen LogP contribution >= 0.6 is 0 Å². The van der Waals surface area contributed by atoms with Crippen molar-refractivity contribution in [2.24, 2.45) is 12.5 Å². The summed E-state index contributed by atoms with van der Waals surface area (Å²) in [5.74, 6) is -1.73. The topological polar surface area (TPSA) is 97.1 Å².